The molecule has 0 bridgehead atoms. The van der Waals surface area contributed by atoms with Crippen LogP contribution < -0.4 is 5.32 Å². The molecule has 128 valence electrons. The molecule has 0 saturated carbocycles. The average molecular weight is 359 g/mol. The lowest BCUT2D eigenvalue weighted by Crippen LogP contribution is -2.42. The van der Waals surface area contributed by atoms with E-state index in [1.54, 1.807) is 6.92 Å². The van der Waals surface area contributed by atoms with Gasteiger partial charge in [-0.05, 0) is 50.8 Å². The molecule has 1 aromatic carbocycles. The van der Waals surface area contributed by atoms with Crippen LogP contribution in [0.3, 0.4) is 0 Å². The lowest BCUT2D eigenvalue weighted by molar-refractivity contribution is -0.120. The first-order chi connectivity index (χ1) is 10.7. The quantitative estimate of drug-likeness (QED) is 0.899. The third-order valence-electron chi connectivity index (χ3n) is 4.26. The van der Waals surface area contributed by atoms with Crippen molar-refractivity contribution in [3.8, 4) is 0 Å². The van der Waals surface area contributed by atoms with Gasteiger partial charge in [-0.2, -0.15) is 0 Å². The van der Waals surface area contributed by atoms with Gasteiger partial charge in [0.25, 0.3) is 0 Å². The summed E-state index contributed by atoms with van der Waals surface area (Å²) in [5, 5.41) is 3.43. The van der Waals surface area contributed by atoms with Crippen molar-refractivity contribution in [1.82, 2.24) is 4.31 Å². The van der Waals surface area contributed by atoms with Gasteiger partial charge in [-0.15, -0.1) is 0 Å². The lowest BCUT2D eigenvalue weighted by atomic mass is 9.97. The van der Waals surface area contributed by atoms with Crippen molar-refractivity contribution in [1.29, 1.82) is 0 Å². The molecule has 0 unspecified atom stereocenters. The van der Waals surface area contributed by atoms with E-state index in [0.717, 1.165) is 11.1 Å². The predicted molar refractivity (Wildman–Crippen MR) is 93.3 cm³/mol. The number of hydrogen-bond donors (Lipinski definition) is 1. The fraction of sp³-hybridized carbons (Fsp3) is 0.562. The summed E-state index contributed by atoms with van der Waals surface area (Å²) in [5.41, 5.74) is 2.61. The maximum absolute atomic E-state index is 12.4. The number of amides is 1. The van der Waals surface area contributed by atoms with Crippen molar-refractivity contribution in [2.24, 2.45) is 5.92 Å². The van der Waals surface area contributed by atoms with Gasteiger partial charge in [-0.1, -0.05) is 17.7 Å². The summed E-state index contributed by atoms with van der Waals surface area (Å²) in [7, 11) is -3.17. The number of carbonyl (C=O) groups is 1. The molecular formula is C16H23ClN2O3S. The van der Waals surface area contributed by atoms with Crippen molar-refractivity contribution in [3.05, 3.63) is 28.3 Å². The highest BCUT2D eigenvalue weighted by Crippen LogP contribution is 2.29. The summed E-state index contributed by atoms with van der Waals surface area (Å²) in [6, 6.07) is 3.79. The molecule has 1 N–H and O–H groups in total. The van der Waals surface area contributed by atoms with Gasteiger partial charge in [0.05, 0.1) is 16.5 Å². The van der Waals surface area contributed by atoms with Gasteiger partial charge in [0.15, 0.2) is 0 Å². The molecule has 1 heterocycles. The molecule has 5 nitrogen and oxygen atoms in total. The average Bonchev–Trinajstić information content (AvgIpc) is 2.50. The number of rotatable bonds is 4. The topological polar surface area (TPSA) is 66.5 Å². The van der Waals surface area contributed by atoms with Crippen LogP contribution in [0, 0.1) is 19.8 Å². The number of sulfonamides is 1. The Hall–Kier alpha value is -1.11. The standard InChI is InChI=1S/C16H23ClN2O3S/c1-4-23(21,22)19-7-5-13(6-8-19)16(20)18-15-12(3)9-11(2)10-14(15)17/h9-10,13H,4-8H2,1-3H3,(H,18,20). The van der Waals surface area contributed by atoms with Crippen LogP contribution in [-0.2, 0) is 14.8 Å². The number of halogens is 1. The second-order valence-electron chi connectivity index (χ2n) is 6.00. The number of carbonyl (C=O) groups excluding carboxylic acids is 1. The van der Waals surface area contributed by atoms with Crippen LogP contribution in [0.1, 0.15) is 30.9 Å². The van der Waals surface area contributed by atoms with E-state index in [1.807, 2.05) is 26.0 Å². The van der Waals surface area contributed by atoms with Crippen LogP contribution in [0.2, 0.25) is 5.02 Å². The Morgan fingerprint density at radius 1 is 1.30 bits per heavy atom. The summed E-state index contributed by atoms with van der Waals surface area (Å²) in [6.45, 7) is 6.29. The molecule has 0 radical (unpaired) electrons. The number of aryl methyl sites for hydroxylation is 2. The summed E-state index contributed by atoms with van der Waals surface area (Å²) < 4.78 is 25.2. The van der Waals surface area contributed by atoms with E-state index in [-0.39, 0.29) is 17.6 Å². The molecule has 1 aromatic rings. The Morgan fingerprint density at radius 2 is 1.91 bits per heavy atom. The molecule has 7 heteroatoms. The Labute approximate surface area is 143 Å². The predicted octanol–water partition coefficient (Wildman–Crippen LogP) is 2.96. The van der Waals surface area contributed by atoms with Gasteiger partial charge < -0.3 is 5.32 Å². The summed E-state index contributed by atoms with van der Waals surface area (Å²) in [4.78, 5) is 12.4. The van der Waals surface area contributed by atoms with Crippen molar-refractivity contribution in [3.63, 3.8) is 0 Å². The molecule has 23 heavy (non-hydrogen) atoms. The van der Waals surface area contributed by atoms with Gasteiger partial charge in [-0.25, -0.2) is 12.7 Å². The monoisotopic (exact) mass is 358 g/mol. The molecule has 0 atom stereocenters. The molecule has 1 aliphatic rings. The second-order valence-corrected chi connectivity index (χ2v) is 8.67. The molecule has 0 spiro atoms. The SMILES string of the molecule is CCS(=O)(=O)N1CCC(C(=O)Nc2c(C)cc(C)cc2Cl)CC1. The first-order valence-corrected chi connectivity index (χ1v) is 9.78. The van der Waals surface area contributed by atoms with Crippen molar-refractivity contribution < 1.29 is 13.2 Å². The minimum absolute atomic E-state index is 0.0904. The maximum Gasteiger partial charge on any atom is 0.227 e. The number of benzene rings is 1. The van der Waals surface area contributed by atoms with E-state index < -0.39 is 10.0 Å². The number of hydrogen-bond acceptors (Lipinski definition) is 3. The second kappa shape index (κ2) is 7.20. The number of nitrogens with one attached hydrogen (secondary N) is 1. The zero-order valence-corrected chi connectivity index (χ0v) is 15.3. The minimum Gasteiger partial charge on any atom is -0.324 e. The van der Waals surface area contributed by atoms with Crippen molar-refractivity contribution in [2.75, 3.05) is 24.2 Å². The summed E-state index contributed by atoms with van der Waals surface area (Å²) in [6.07, 6.45) is 1.07. The fourth-order valence-corrected chi connectivity index (χ4v) is 4.38. The lowest BCUT2D eigenvalue weighted by Gasteiger charge is -2.30. The van der Waals surface area contributed by atoms with Crippen LogP contribution in [0.5, 0.6) is 0 Å². The Balaban J connectivity index is 2.01. The van der Waals surface area contributed by atoms with E-state index in [4.69, 9.17) is 11.6 Å². The van der Waals surface area contributed by atoms with Crippen molar-refractivity contribution in [2.45, 2.75) is 33.6 Å². The van der Waals surface area contributed by atoms with E-state index >= 15 is 0 Å². The first-order valence-electron chi connectivity index (χ1n) is 7.80. The van der Waals surface area contributed by atoms with Gasteiger partial charge in [-0.3, -0.25) is 4.79 Å². The van der Waals surface area contributed by atoms with Gasteiger partial charge >= 0.3 is 0 Å². The third-order valence-corrected chi connectivity index (χ3v) is 6.44. The van der Waals surface area contributed by atoms with Crippen LogP contribution in [-0.4, -0.2) is 37.5 Å². The zero-order valence-electron chi connectivity index (χ0n) is 13.7. The number of nitrogens with zero attached hydrogens (tertiary/aromatic N) is 1. The van der Waals surface area contributed by atoms with Crippen LogP contribution in [0.4, 0.5) is 5.69 Å². The van der Waals surface area contributed by atoms with Gasteiger partial charge in [0.2, 0.25) is 15.9 Å². The molecule has 2 rings (SSSR count). The fourth-order valence-electron chi connectivity index (χ4n) is 2.88. The number of piperidine rings is 1. The largest absolute Gasteiger partial charge is 0.324 e. The van der Waals surface area contributed by atoms with E-state index in [0.29, 0.717) is 36.6 Å². The Kier molecular flexibility index (Phi) is 5.70. The molecule has 1 amide bonds. The highest BCUT2D eigenvalue weighted by atomic mass is 35.5. The maximum atomic E-state index is 12.4. The van der Waals surface area contributed by atoms with Crippen LogP contribution in [0.15, 0.2) is 12.1 Å². The number of anilines is 1. The zero-order chi connectivity index (χ0) is 17.2. The van der Waals surface area contributed by atoms with Crippen LogP contribution >= 0.6 is 11.6 Å². The molecular weight excluding hydrogens is 336 g/mol. The highest BCUT2D eigenvalue weighted by Gasteiger charge is 2.30. The first kappa shape index (κ1) is 18.2. The third kappa shape index (κ3) is 4.25. The molecule has 0 aliphatic carbocycles. The van der Waals surface area contributed by atoms with Crippen molar-refractivity contribution >= 4 is 33.2 Å². The normalized spacial score (nSPS) is 17.2. The summed E-state index contributed by atoms with van der Waals surface area (Å²) >= 11 is 6.22. The minimum atomic E-state index is -3.17. The van der Waals surface area contributed by atoms with Gasteiger partial charge in [0, 0.05) is 19.0 Å². The van der Waals surface area contributed by atoms with E-state index in [1.165, 1.54) is 4.31 Å². The van der Waals surface area contributed by atoms with E-state index in [9.17, 15) is 13.2 Å². The molecule has 1 fully saturated rings. The Bertz CT molecular complexity index is 672. The Morgan fingerprint density at radius 3 is 2.43 bits per heavy atom. The highest BCUT2D eigenvalue weighted by molar-refractivity contribution is 7.89. The molecule has 1 aliphatic heterocycles. The summed E-state index contributed by atoms with van der Waals surface area (Å²) in [5.74, 6) is -0.176. The van der Waals surface area contributed by atoms with E-state index in [2.05, 4.69) is 5.32 Å². The molecule has 1 saturated heterocycles. The smallest absolute Gasteiger partial charge is 0.227 e. The molecule has 0 aromatic heterocycles. The van der Waals surface area contributed by atoms with Gasteiger partial charge in [0.1, 0.15) is 0 Å². The van der Waals surface area contributed by atoms with Crippen LogP contribution in [0.25, 0.3) is 0 Å².